The highest BCUT2D eigenvalue weighted by atomic mass is 32.2. The molecule has 0 amide bonds. The maximum absolute atomic E-state index is 14.2. The number of hydrogen-bond acceptors (Lipinski definition) is 5. The van der Waals surface area contributed by atoms with E-state index in [-0.39, 0.29) is 18.9 Å². The van der Waals surface area contributed by atoms with Crippen molar-refractivity contribution in [3.63, 3.8) is 0 Å². The van der Waals surface area contributed by atoms with E-state index in [9.17, 15) is 12.8 Å². The lowest BCUT2D eigenvalue weighted by Crippen LogP contribution is -2.34. The van der Waals surface area contributed by atoms with Crippen molar-refractivity contribution in [1.82, 2.24) is 19.0 Å². The first-order valence-electron chi connectivity index (χ1n) is 10.9. The van der Waals surface area contributed by atoms with Gasteiger partial charge in [-0.25, -0.2) is 17.5 Å². The summed E-state index contributed by atoms with van der Waals surface area (Å²) in [4.78, 5) is 2.18. The average Bonchev–Trinajstić information content (AvgIpc) is 3.16. The van der Waals surface area contributed by atoms with Crippen LogP contribution in [0.3, 0.4) is 0 Å². The smallest absolute Gasteiger partial charge is 0.211 e. The summed E-state index contributed by atoms with van der Waals surface area (Å²) in [5, 5.41) is 4.85. The molecule has 0 saturated heterocycles. The fourth-order valence-electron chi connectivity index (χ4n) is 4.18. The molecule has 1 aromatic heterocycles. The number of halogens is 1. The number of sulfonamides is 1. The summed E-state index contributed by atoms with van der Waals surface area (Å²) in [5.74, 6) is -0.216. The van der Waals surface area contributed by atoms with Gasteiger partial charge in [-0.1, -0.05) is 36.4 Å². The van der Waals surface area contributed by atoms with Crippen molar-refractivity contribution in [3.05, 3.63) is 82.9 Å². The molecule has 0 atom stereocenters. The number of nitrogens with zero attached hydrogens (tertiary/aromatic N) is 4. The van der Waals surface area contributed by atoms with Gasteiger partial charge in [-0.15, -0.1) is 0 Å². The van der Waals surface area contributed by atoms with Crippen molar-refractivity contribution in [2.24, 2.45) is 0 Å². The lowest BCUT2D eigenvalue weighted by atomic mass is 10.0. The number of methoxy groups -OCH3 is 1. The van der Waals surface area contributed by atoms with Gasteiger partial charge in [0.1, 0.15) is 5.82 Å². The highest BCUT2D eigenvalue weighted by Gasteiger charge is 2.28. The van der Waals surface area contributed by atoms with Gasteiger partial charge in [0.25, 0.3) is 0 Å². The molecule has 9 heteroatoms. The fourth-order valence-corrected chi connectivity index (χ4v) is 4.94. The molecule has 176 valence electrons. The molecule has 0 bridgehead atoms. The molecule has 33 heavy (non-hydrogen) atoms. The van der Waals surface area contributed by atoms with E-state index in [1.165, 1.54) is 16.6 Å². The molecule has 0 aliphatic carbocycles. The van der Waals surface area contributed by atoms with Gasteiger partial charge < -0.3 is 4.74 Å². The third kappa shape index (κ3) is 5.50. The number of benzene rings is 2. The van der Waals surface area contributed by atoms with Crippen LogP contribution in [0.15, 0.2) is 54.6 Å². The van der Waals surface area contributed by atoms with Crippen LogP contribution in [0.25, 0.3) is 5.69 Å². The first kappa shape index (κ1) is 23.6. The molecule has 3 aromatic rings. The topological polar surface area (TPSA) is 67.7 Å². The second kappa shape index (κ2) is 10.1. The van der Waals surface area contributed by atoms with Crippen molar-refractivity contribution >= 4 is 10.0 Å². The molecule has 2 aromatic carbocycles. The summed E-state index contributed by atoms with van der Waals surface area (Å²) in [7, 11) is -1.90. The van der Waals surface area contributed by atoms with Gasteiger partial charge in [-0.05, 0) is 18.2 Å². The molecule has 2 heterocycles. The highest BCUT2D eigenvalue weighted by Crippen LogP contribution is 2.28. The van der Waals surface area contributed by atoms with Crippen molar-refractivity contribution in [2.75, 3.05) is 33.1 Å². The Morgan fingerprint density at radius 3 is 2.55 bits per heavy atom. The van der Waals surface area contributed by atoms with Crippen LogP contribution in [-0.2, 0) is 40.8 Å². The average molecular weight is 473 g/mol. The summed E-state index contributed by atoms with van der Waals surface area (Å²) in [6.45, 7) is 2.54. The first-order valence-corrected chi connectivity index (χ1v) is 12.8. The zero-order valence-electron chi connectivity index (χ0n) is 18.9. The van der Waals surface area contributed by atoms with Crippen molar-refractivity contribution in [2.45, 2.75) is 26.1 Å². The van der Waals surface area contributed by atoms with Crippen molar-refractivity contribution in [3.8, 4) is 5.69 Å². The molecule has 0 N–H and O–H groups in total. The zero-order valence-corrected chi connectivity index (χ0v) is 19.8. The van der Waals surface area contributed by atoms with E-state index in [0.29, 0.717) is 31.0 Å². The van der Waals surface area contributed by atoms with Crippen LogP contribution in [0.2, 0.25) is 0 Å². The largest absolute Gasteiger partial charge is 0.383 e. The number of fused-ring (bicyclic) bond motifs is 1. The van der Waals surface area contributed by atoms with Gasteiger partial charge in [0, 0.05) is 50.8 Å². The lowest BCUT2D eigenvalue weighted by Gasteiger charge is -2.28. The van der Waals surface area contributed by atoms with E-state index < -0.39 is 10.0 Å². The summed E-state index contributed by atoms with van der Waals surface area (Å²) < 4.78 is 47.5. The highest BCUT2D eigenvalue weighted by molar-refractivity contribution is 7.88. The number of para-hydroxylation sites is 1. The molecular formula is C24H29FN4O3S. The monoisotopic (exact) mass is 472 g/mol. The number of hydrogen-bond donors (Lipinski definition) is 0. The Kier molecular flexibility index (Phi) is 7.23. The number of rotatable bonds is 9. The van der Waals surface area contributed by atoms with Gasteiger partial charge in [0.05, 0.1) is 36.5 Å². The summed E-state index contributed by atoms with van der Waals surface area (Å²) in [5.41, 5.74) is 4.38. The third-order valence-corrected chi connectivity index (χ3v) is 7.16. The molecule has 1 aliphatic heterocycles. The maximum atomic E-state index is 14.2. The lowest BCUT2D eigenvalue weighted by molar-refractivity contribution is 0.177. The predicted octanol–water partition coefficient (Wildman–Crippen LogP) is 2.98. The van der Waals surface area contributed by atoms with Gasteiger partial charge in [0.2, 0.25) is 10.0 Å². The molecule has 0 saturated carbocycles. The number of ether oxygens (including phenoxy) is 1. The zero-order chi connectivity index (χ0) is 23.4. The molecule has 0 spiro atoms. The summed E-state index contributed by atoms with van der Waals surface area (Å²) >= 11 is 0. The van der Waals surface area contributed by atoms with Gasteiger partial charge in [-0.2, -0.15) is 9.40 Å². The van der Waals surface area contributed by atoms with Gasteiger partial charge in [0.15, 0.2) is 0 Å². The third-order valence-electron chi connectivity index (χ3n) is 5.91. The standard InChI is InChI=1S/C24H29FN4O3S/c1-32-15-14-28(33(2,30)31)18-23-21-17-27(16-19-8-6-7-11-22(19)25)13-12-24(21)29(26-23)20-9-4-3-5-10-20/h3-11H,12-18H2,1-2H3. The van der Waals surface area contributed by atoms with Gasteiger partial charge in [-0.3, -0.25) is 4.90 Å². The minimum atomic E-state index is -3.44. The Bertz CT molecular complexity index is 1200. The first-order chi connectivity index (χ1) is 15.9. The Morgan fingerprint density at radius 1 is 1.12 bits per heavy atom. The van der Waals surface area contributed by atoms with E-state index in [2.05, 4.69) is 4.90 Å². The fraction of sp³-hybridized carbons (Fsp3) is 0.375. The molecule has 1 aliphatic rings. The van der Waals surface area contributed by atoms with Crippen LogP contribution >= 0.6 is 0 Å². The molecular weight excluding hydrogens is 443 g/mol. The van der Waals surface area contributed by atoms with E-state index >= 15 is 0 Å². The van der Waals surface area contributed by atoms with Crippen LogP contribution in [0.4, 0.5) is 4.39 Å². The van der Waals surface area contributed by atoms with E-state index in [4.69, 9.17) is 9.84 Å². The SMILES string of the molecule is COCCN(Cc1nn(-c2ccccc2)c2c1CN(Cc1ccccc1F)CC2)S(C)(=O)=O. The quantitative estimate of drug-likeness (QED) is 0.479. The van der Waals surface area contributed by atoms with Crippen molar-refractivity contribution in [1.29, 1.82) is 0 Å². The van der Waals surface area contributed by atoms with E-state index in [1.807, 2.05) is 41.1 Å². The normalized spacial score (nSPS) is 14.5. The predicted molar refractivity (Wildman–Crippen MR) is 125 cm³/mol. The Hall–Kier alpha value is -2.59. The van der Waals surface area contributed by atoms with E-state index in [1.54, 1.807) is 19.2 Å². The van der Waals surface area contributed by atoms with Crippen LogP contribution in [0, 0.1) is 5.82 Å². The van der Waals surface area contributed by atoms with E-state index in [0.717, 1.165) is 29.9 Å². The minimum absolute atomic E-state index is 0.165. The molecule has 7 nitrogen and oxygen atoms in total. The number of aromatic nitrogens is 2. The molecule has 4 rings (SSSR count). The minimum Gasteiger partial charge on any atom is -0.383 e. The van der Waals surface area contributed by atoms with Crippen LogP contribution in [-0.4, -0.2) is 60.5 Å². The van der Waals surface area contributed by atoms with Crippen LogP contribution < -0.4 is 0 Å². The van der Waals surface area contributed by atoms with Crippen molar-refractivity contribution < 1.29 is 17.5 Å². The summed E-state index contributed by atoms with van der Waals surface area (Å²) in [6.07, 6.45) is 1.94. The second-order valence-corrected chi connectivity index (χ2v) is 10.2. The molecule has 0 radical (unpaired) electrons. The molecule has 0 unspecified atom stereocenters. The van der Waals surface area contributed by atoms with Crippen LogP contribution in [0.5, 0.6) is 0 Å². The van der Waals surface area contributed by atoms with Crippen LogP contribution in [0.1, 0.15) is 22.5 Å². The summed E-state index contributed by atoms with van der Waals surface area (Å²) in [6, 6.07) is 16.6. The van der Waals surface area contributed by atoms with Gasteiger partial charge >= 0.3 is 0 Å². The Balaban J connectivity index is 1.68. The maximum Gasteiger partial charge on any atom is 0.211 e. The molecule has 0 fully saturated rings. The second-order valence-electron chi connectivity index (χ2n) is 8.26. The Labute approximate surface area is 194 Å². The Morgan fingerprint density at radius 2 is 1.85 bits per heavy atom.